The van der Waals surface area contributed by atoms with Gasteiger partial charge in [0.2, 0.25) is 10.0 Å². The molecule has 0 radical (unpaired) electrons. The van der Waals surface area contributed by atoms with Crippen molar-refractivity contribution in [3.05, 3.63) is 29.8 Å². The third-order valence-corrected chi connectivity index (χ3v) is 4.35. The van der Waals surface area contributed by atoms with E-state index in [1.165, 1.54) is 0 Å². The Labute approximate surface area is 110 Å². The van der Waals surface area contributed by atoms with Gasteiger partial charge in [0.15, 0.2) is 0 Å². The summed E-state index contributed by atoms with van der Waals surface area (Å²) in [4.78, 5) is 0. The Balaban J connectivity index is 2.79. The predicted octanol–water partition coefficient (Wildman–Crippen LogP) is 2.30. The van der Waals surface area contributed by atoms with Crippen LogP contribution in [0.5, 0.6) is 0 Å². The maximum Gasteiger partial charge on any atom is 0.212 e. The van der Waals surface area contributed by atoms with Crippen LogP contribution < -0.4 is 10.5 Å². The van der Waals surface area contributed by atoms with Crippen molar-refractivity contribution in [2.24, 2.45) is 5.41 Å². The first kappa shape index (κ1) is 15.0. The standard InChI is InChI=1S/C13H22N2O2S/c1-10(11-6-5-7-12(14)8-11)15-18(16,17)9-13(2,3)4/h5-8,10,15H,9,14H2,1-4H3. The molecular formula is C13H22N2O2S. The van der Waals surface area contributed by atoms with E-state index in [-0.39, 0.29) is 17.2 Å². The average Bonchev–Trinajstić information content (AvgIpc) is 2.12. The summed E-state index contributed by atoms with van der Waals surface area (Å²) in [5.41, 5.74) is 6.92. The Morgan fingerprint density at radius 1 is 1.33 bits per heavy atom. The van der Waals surface area contributed by atoms with Gasteiger partial charge >= 0.3 is 0 Å². The highest BCUT2D eigenvalue weighted by Crippen LogP contribution is 2.19. The summed E-state index contributed by atoms with van der Waals surface area (Å²) >= 11 is 0. The highest BCUT2D eigenvalue weighted by molar-refractivity contribution is 7.89. The summed E-state index contributed by atoms with van der Waals surface area (Å²) in [6, 6.07) is 6.96. The molecule has 102 valence electrons. The van der Waals surface area contributed by atoms with Crippen LogP contribution >= 0.6 is 0 Å². The summed E-state index contributed by atoms with van der Waals surface area (Å²) in [5, 5.41) is 0. The largest absolute Gasteiger partial charge is 0.399 e. The number of anilines is 1. The molecule has 5 heteroatoms. The smallest absolute Gasteiger partial charge is 0.212 e. The Morgan fingerprint density at radius 2 is 1.94 bits per heavy atom. The number of sulfonamides is 1. The zero-order chi connectivity index (χ0) is 14.0. The van der Waals surface area contributed by atoms with Crippen LogP contribution in [0.1, 0.15) is 39.3 Å². The molecular weight excluding hydrogens is 248 g/mol. The molecule has 1 aromatic rings. The highest BCUT2D eigenvalue weighted by atomic mass is 32.2. The summed E-state index contributed by atoms with van der Waals surface area (Å²) in [5.74, 6) is 0.104. The molecule has 3 N–H and O–H groups in total. The molecule has 18 heavy (non-hydrogen) atoms. The first-order valence-electron chi connectivity index (χ1n) is 5.94. The second kappa shape index (κ2) is 5.28. The van der Waals surface area contributed by atoms with Crippen molar-refractivity contribution in [2.75, 3.05) is 11.5 Å². The Morgan fingerprint density at radius 3 is 2.44 bits per heavy atom. The van der Waals surface area contributed by atoms with Gasteiger partial charge in [0.1, 0.15) is 0 Å². The molecule has 0 aliphatic carbocycles. The molecule has 0 aromatic heterocycles. The Kier molecular flexibility index (Phi) is 4.40. The van der Waals surface area contributed by atoms with Gasteiger partial charge in [-0.05, 0) is 30.0 Å². The minimum absolute atomic E-state index is 0.104. The van der Waals surface area contributed by atoms with Crippen molar-refractivity contribution in [3.8, 4) is 0 Å². The summed E-state index contributed by atoms with van der Waals surface area (Å²) in [7, 11) is -3.29. The average molecular weight is 270 g/mol. The lowest BCUT2D eigenvalue weighted by atomic mass is 10.0. The number of hydrogen-bond acceptors (Lipinski definition) is 3. The van der Waals surface area contributed by atoms with Crippen molar-refractivity contribution in [1.29, 1.82) is 0 Å². The van der Waals surface area contributed by atoms with E-state index in [1.807, 2.05) is 39.8 Å². The third-order valence-electron chi connectivity index (χ3n) is 2.39. The van der Waals surface area contributed by atoms with Crippen LogP contribution in [0.3, 0.4) is 0 Å². The maximum atomic E-state index is 12.0. The normalized spacial score (nSPS) is 14.4. The van der Waals surface area contributed by atoms with E-state index >= 15 is 0 Å². The van der Waals surface area contributed by atoms with Crippen molar-refractivity contribution in [3.63, 3.8) is 0 Å². The minimum Gasteiger partial charge on any atom is -0.399 e. The van der Waals surface area contributed by atoms with Gasteiger partial charge in [-0.25, -0.2) is 13.1 Å². The van der Waals surface area contributed by atoms with Crippen molar-refractivity contribution in [1.82, 2.24) is 4.72 Å². The van der Waals surface area contributed by atoms with Gasteiger partial charge in [0.25, 0.3) is 0 Å². The minimum atomic E-state index is -3.29. The van der Waals surface area contributed by atoms with Gasteiger partial charge in [-0.3, -0.25) is 0 Å². The molecule has 1 aromatic carbocycles. The van der Waals surface area contributed by atoms with Crippen LogP contribution in [-0.2, 0) is 10.0 Å². The van der Waals surface area contributed by atoms with E-state index < -0.39 is 10.0 Å². The molecule has 0 saturated heterocycles. The fraction of sp³-hybridized carbons (Fsp3) is 0.538. The number of rotatable bonds is 4. The topological polar surface area (TPSA) is 72.2 Å². The highest BCUT2D eigenvalue weighted by Gasteiger charge is 2.23. The summed E-state index contributed by atoms with van der Waals surface area (Å²) < 4.78 is 26.6. The first-order chi connectivity index (χ1) is 8.09. The molecule has 0 amide bonds. The number of nitrogen functional groups attached to an aromatic ring is 1. The van der Waals surface area contributed by atoms with Crippen molar-refractivity contribution in [2.45, 2.75) is 33.7 Å². The Hall–Kier alpha value is -1.07. The predicted molar refractivity (Wildman–Crippen MR) is 75.6 cm³/mol. The van der Waals surface area contributed by atoms with Crippen molar-refractivity contribution >= 4 is 15.7 Å². The lowest BCUT2D eigenvalue weighted by molar-refractivity contribution is 0.455. The Bertz CT molecular complexity index is 504. The lowest BCUT2D eigenvalue weighted by Gasteiger charge is -2.21. The van der Waals surface area contributed by atoms with Gasteiger partial charge in [-0.2, -0.15) is 0 Å². The van der Waals surface area contributed by atoms with E-state index in [4.69, 9.17) is 5.73 Å². The van der Waals surface area contributed by atoms with Gasteiger partial charge < -0.3 is 5.73 Å². The maximum absolute atomic E-state index is 12.0. The molecule has 0 saturated carbocycles. The van der Waals surface area contributed by atoms with Crippen molar-refractivity contribution < 1.29 is 8.42 Å². The van der Waals surface area contributed by atoms with Gasteiger partial charge in [0.05, 0.1) is 5.75 Å². The van der Waals surface area contributed by atoms with E-state index in [9.17, 15) is 8.42 Å². The van der Waals surface area contributed by atoms with E-state index in [1.54, 1.807) is 12.1 Å². The molecule has 0 aliphatic rings. The molecule has 4 nitrogen and oxygen atoms in total. The number of benzene rings is 1. The first-order valence-corrected chi connectivity index (χ1v) is 7.60. The summed E-state index contributed by atoms with van der Waals surface area (Å²) in [6.07, 6.45) is 0. The number of nitrogens with one attached hydrogen (secondary N) is 1. The molecule has 0 bridgehead atoms. The zero-order valence-corrected chi connectivity index (χ0v) is 12.2. The fourth-order valence-electron chi connectivity index (χ4n) is 1.78. The van der Waals surface area contributed by atoms with Crippen LogP contribution in [-0.4, -0.2) is 14.2 Å². The molecule has 0 heterocycles. The number of nitrogens with two attached hydrogens (primary N) is 1. The van der Waals surface area contributed by atoms with Gasteiger partial charge in [0, 0.05) is 11.7 Å². The van der Waals surface area contributed by atoms with E-state index in [0.29, 0.717) is 5.69 Å². The van der Waals surface area contributed by atoms with Crippen LogP contribution in [0, 0.1) is 5.41 Å². The van der Waals surface area contributed by atoms with Gasteiger partial charge in [-0.15, -0.1) is 0 Å². The molecule has 0 aliphatic heterocycles. The van der Waals surface area contributed by atoms with E-state index in [0.717, 1.165) is 5.56 Å². The molecule has 1 unspecified atom stereocenters. The fourth-order valence-corrected chi connectivity index (χ4v) is 3.68. The molecule has 1 atom stereocenters. The lowest BCUT2D eigenvalue weighted by Crippen LogP contribution is -2.34. The third kappa shape index (κ3) is 5.06. The van der Waals surface area contributed by atoms with Crippen LogP contribution in [0.25, 0.3) is 0 Å². The molecule has 0 fully saturated rings. The quantitative estimate of drug-likeness (QED) is 0.825. The zero-order valence-electron chi connectivity index (χ0n) is 11.4. The SMILES string of the molecule is CC(NS(=O)(=O)CC(C)(C)C)c1cccc(N)c1. The molecule has 1 rings (SSSR count). The monoisotopic (exact) mass is 270 g/mol. The molecule has 0 spiro atoms. The van der Waals surface area contributed by atoms with Gasteiger partial charge in [-0.1, -0.05) is 32.9 Å². The number of hydrogen-bond donors (Lipinski definition) is 2. The van der Waals surface area contributed by atoms with Crippen LogP contribution in [0.15, 0.2) is 24.3 Å². The van der Waals surface area contributed by atoms with Crippen LogP contribution in [0.2, 0.25) is 0 Å². The second-order valence-corrected chi connectivity index (χ2v) is 7.58. The van der Waals surface area contributed by atoms with Crippen LogP contribution in [0.4, 0.5) is 5.69 Å². The van der Waals surface area contributed by atoms with E-state index in [2.05, 4.69) is 4.72 Å². The summed E-state index contributed by atoms with van der Waals surface area (Å²) in [6.45, 7) is 7.52. The second-order valence-electron chi connectivity index (χ2n) is 5.83.